The fourth-order valence-corrected chi connectivity index (χ4v) is 14.2. The molecular weight excluding hydrogens is 1440 g/mol. The van der Waals surface area contributed by atoms with Crippen LogP contribution < -0.4 is 9.64 Å². The second-order valence-electron chi connectivity index (χ2n) is 30.5. The summed E-state index contributed by atoms with van der Waals surface area (Å²) in [7, 11) is 1.59. The highest BCUT2D eigenvalue weighted by molar-refractivity contribution is 7.08. The molecule has 1 saturated carbocycles. The lowest BCUT2D eigenvalue weighted by molar-refractivity contribution is -0.127. The Morgan fingerprint density at radius 1 is 0.407 bits per heavy atom. The molecular formula is C98H111N5O8S2. The normalized spacial score (nSPS) is 12.6. The number of nitrogens with zero attached hydrogens (tertiary/aromatic N) is 5. The van der Waals surface area contributed by atoms with Gasteiger partial charge in [-0.1, -0.05) is 231 Å². The Hall–Kier alpha value is -10.8. The van der Waals surface area contributed by atoms with Crippen molar-refractivity contribution in [1.29, 1.82) is 5.26 Å². The molecule has 13 nitrogen and oxygen atoms in total. The quantitative estimate of drug-likeness (QED) is 0.0655. The van der Waals surface area contributed by atoms with Crippen LogP contribution in [-0.4, -0.2) is 75.6 Å². The minimum atomic E-state index is 0.0218. The third-order valence-corrected chi connectivity index (χ3v) is 20.9. The molecule has 0 atom stereocenters. The first-order valence-electron chi connectivity index (χ1n) is 39.4. The van der Waals surface area contributed by atoms with E-state index in [9.17, 15) is 33.6 Å². The Morgan fingerprint density at radius 2 is 0.850 bits per heavy atom. The van der Waals surface area contributed by atoms with E-state index in [4.69, 9.17) is 10.00 Å². The maximum Gasteiger partial charge on any atom is 0.212 e. The van der Waals surface area contributed by atoms with Crippen molar-refractivity contribution in [2.45, 2.75) is 142 Å². The number of aromatic nitrogens is 3. The molecule has 0 bridgehead atoms. The molecule has 6 aromatic carbocycles. The molecule has 15 heteroatoms. The van der Waals surface area contributed by atoms with Crippen molar-refractivity contribution >= 4 is 79.7 Å². The molecule has 0 unspecified atom stereocenters. The first kappa shape index (κ1) is 89.4. The van der Waals surface area contributed by atoms with E-state index in [2.05, 4.69) is 72.4 Å². The summed E-state index contributed by atoms with van der Waals surface area (Å²) in [6.07, 6.45) is 14.9. The minimum absolute atomic E-state index is 0.0218. The number of methoxy groups -OCH3 is 1. The zero-order chi connectivity index (χ0) is 82.1. The number of piperidine rings is 1. The van der Waals surface area contributed by atoms with Crippen molar-refractivity contribution in [3.63, 3.8) is 0 Å². The number of pyridine rings is 3. The topological polar surface area (TPSA) is 194 Å². The van der Waals surface area contributed by atoms with Crippen LogP contribution >= 0.6 is 22.7 Å². The number of ether oxygens (including phenoxy) is 1. The van der Waals surface area contributed by atoms with Crippen LogP contribution in [0.2, 0.25) is 0 Å². The van der Waals surface area contributed by atoms with Crippen molar-refractivity contribution in [2.24, 2.45) is 53.3 Å². The van der Waals surface area contributed by atoms with Crippen molar-refractivity contribution in [2.75, 3.05) is 25.1 Å². The average Bonchev–Trinajstić information content (AvgIpc) is 1.30. The second kappa shape index (κ2) is 45.7. The summed E-state index contributed by atoms with van der Waals surface area (Å²) in [6.45, 7) is 29.0. The predicted molar refractivity (Wildman–Crippen MR) is 465 cm³/mol. The Kier molecular flexibility index (Phi) is 36.1. The predicted octanol–water partition coefficient (Wildman–Crippen LogP) is 24.6. The lowest BCUT2D eigenvalue weighted by Gasteiger charge is -2.33. The van der Waals surface area contributed by atoms with Crippen LogP contribution in [0.25, 0.3) is 55.4 Å². The molecule has 0 radical (unpaired) electrons. The zero-order valence-electron chi connectivity index (χ0n) is 68.4. The molecule has 2 fully saturated rings. The Bertz CT molecular complexity index is 4810. The van der Waals surface area contributed by atoms with E-state index in [1.165, 1.54) is 36.0 Å². The highest BCUT2D eigenvalue weighted by Gasteiger charge is 2.27. The van der Waals surface area contributed by atoms with Crippen LogP contribution in [0, 0.1) is 64.6 Å². The third-order valence-electron chi connectivity index (χ3n) is 19.6. The first-order valence-corrected chi connectivity index (χ1v) is 41.3. The molecule has 5 aromatic heterocycles. The molecule has 6 heterocycles. The molecule has 0 amide bonds. The van der Waals surface area contributed by atoms with Crippen molar-refractivity contribution in [3.8, 4) is 56.5 Å². The molecule has 0 N–H and O–H groups in total. The summed E-state index contributed by atoms with van der Waals surface area (Å²) in [5, 5.41) is 18.2. The summed E-state index contributed by atoms with van der Waals surface area (Å²) in [4.78, 5) is 97.0. The number of nitriles is 1. The number of ketones is 7. The van der Waals surface area contributed by atoms with E-state index < -0.39 is 0 Å². The fourth-order valence-electron chi connectivity index (χ4n) is 12.9. The van der Waals surface area contributed by atoms with E-state index in [-0.39, 0.29) is 76.3 Å². The summed E-state index contributed by atoms with van der Waals surface area (Å²) in [6, 6.07) is 62.6. The van der Waals surface area contributed by atoms with Crippen LogP contribution in [0.4, 0.5) is 5.69 Å². The van der Waals surface area contributed by atoms with Crippen LogP contribution in [0.15, 0.2) is 234 Å². The SMILES string of the molecule is CC(C)C(=O)C1CCCCC1.CC(C)C(=O)C1CCN(c2ccc(C#N)cc2)CC1.CC(C)C(=O)c1ccc(-c2cccc3cccnc23)cc1.CC(C)C(=O)c1ccc(-c2ccsc2)cc1.CC(C)C(=O)c1cccc(-c2ccsc2)c1.CC(C)C(=O)c1cccnc1.COc1ccc(-c2ccc(C(=O)C(C)C)cc2)cn1. The number of thiophene rings is 2. The van der Waals surface area contributed by atoms with Crippen molar-refractivity contribution < 1.29 is 38.3 Å². The van der Waals surface area contributed by atoms with Crippen LogP contribution in [0.1, 0.15) is 199 Å². The number of anilines is 1. The number of para-hydroxylation sites is 1. The molecule has 11 aromatic rings. The van der Waals surface area contributed by atoms with E-state index in [0.29, 0.717) is 34.5 Å². The molecule has 13 rings (SSSR count). The smallest absolute Gasteiger partial charge is 0.212 e. The summed E-state index contributed by atoms with van der Waals surface area (Å²) >= 11 is 3.35. The van der Waals surface area contributed by atoms with Gasteiger partial charge in [-0.2, -0.15) is 27.9 Å². The molecule has 2 aliphatic rings. The second-order valence-corrected chi connectivity index (χ2v) is 32.1. The van der Waals surface area contributed by atoms with E-state index >= 15 is 0 Å². The molecule has 1 aliphatic heterocycles. The molecule has 0 spiro atoms. The van der Waals surface area contributed by atoms with Gasteiger partial charge in [0.05, 0.1) is 24.3 Å². The van der Waals surface area contributed by atoms with Gasteiger partial charge < -0.3 is 9.64 Å². The number of carbonyl (C=O) groups is 7. The average molecular weight is 1550 g/mol. The number of fused-ring (bicyclic) bond motifs is 1. The zero-order valence-corrected chi connectivity index (χ0v) is 70.0. The lowest BCUT2D eigenvalue weighted by atomic mass is 9.83. The molecule has 1 saturated heterocycles. The number of hydrogen-bond acceptors (Lipinski definition) is 15. The van der Waals surface area contributed by atoms with Gasteiger partial charge in [-0.25, -0.2) is 4.98 Å². The molecule has 113 heavy (non-hydrogen) atoms. The monoisotopic (exact) mass is 1550 g/mol. The number of hydrogen-bond donors (Lipinski definition) is 0. The molecule has 1 aliphatic carbocycles. The maximum absolute atomic E-state index is 12.0. The Morgan fingerprint density at radius 3 is 1.30 bits per heavy atom. The number of rotatable bonds is 20. The number of carbonyl (C=O) groups excluding carboxylic acids is 7. The van der Waals surface area contributed by atoms with E-state index in [1.807, 2.05) is 254 Å². The largest absolute Gasteiger partial charge is 0.481 e. The number of benzene rings is 6. The van der Waals surface area contributed by atoms with Gasteiger partial charge >= 0.3 is 0 Å². The maximum atomic E-state index is 12.0. The van der Waals surface area contributed by atoms with Crippen molar-refractivity contribution in [1.82, 2.24) is 15.0 Å². The van der Waals surface area contributed by atoms with Gasteiger partial charge in [0.15, 0.2) is 28.9 Å². The van der Waals surface area contributed by atoms with Gasteiger partial charge in [-0.05, 0) is 147 Å². The Balaban J connectivity index is 0.000000185. The van der Waals surface area contributed by atoms with Gasteiger partial charge in [0.25, 0.3) is 0 Å². The van der Waals surface area contributed by atoms with E-state index in [0.717, 1.165) is 105 Å². The van der Waals surface area contributed by atoms with Crippen molar-refractivity contribution in [3.05, 3.63) is 268 Å². The number of Topliss-reactive ketones (excluding diaryl/α,β-unsaturated/α-hetero) is 7. The molecule has 588 valence electrons. The van der Waals surface area contributed by atoms with Gasteiger partial charge in [-0.3, -0.25) is 43.5 Å². The van der Waals surface area contributed by atoms with E-state index in [1.54, 1.807) is 60.5 Å². The highest BCUT2D eigenvalue weighted by Crippen LogP contribution is 2.32. The minimum Gasteiger partial charge on any atom is -0.481 e. The van der Waals surface area contributed by atoms with Gasteiger partial charge in [-0.15, -0.1) is 0 Å². The Labute approximate surface area is 678 Å². The van der Waals surface area contributed by atoms with Gasteiger partial charge in [0.2, 0.25) is 5.88 Å². The van der Waals surface area contributed by atoms with Gasteiger partial charge in [0.1, 0.15) is 11.6 Å². The van der Waals surface area contributed by atoms with Gasteiger partial charge in [0, 0.05) is 147 Å². The first-order chi connectivity index (χ1) is 54.2. The summed E-state index contributed by atoms with van der Waals surface area (Å²) in [5.41, 5.74) is 15.5. The standard InChI is InChI=1S/C19H17NO.C16H20N2O.C16H17NO2.2C14H14OS.C10H18O.C9H11NO/c1-13(2)19(21)16-10-8-14(9-11-16)17-7-3-5-15-6-4-12-20-18(15)17;1-12(2)16(19)14-7-9-18(10-8-14)15-5-3-13(11-17)4-6-15;1-11(2)16(18)13-6-4-12(5-7-13)14-8-9-15(19-3)17-10-14;1-10(2)14(15)12-5-3-11(4-6-12)13-7-8-16-9-13;1-10(2)14(15)12-5-3-4-11(8-12)13-6-7-16-9-13;1-8(2)10(11)9-6-4-3-5-7-9;1-7(2)9(11)8-4-3-5-10-6-8/h3-13H,1-2H3;3-6,12,14H,7-10H2,1-2H3;4-11H,1-3H3;2*3-10H,1-2H3;8-9H,3-7H2,1-2H3;3-7H,1-2H3. The highest BCUT2D eigenvalue weighted by atomic mass is 32.1. The van der Waals surface area contributed by atoms with Crippen LogP contribution in [0.3, 0.4) is 0 Å². The lowest BCUT2D eigenvalue weighted by Crippen LogP contribution is -2.37. The van der Waals surface area contributed by atoms with Crippen LogP contribution in [0.5, 0.6) is 5.88 Å². The summed E-state index contributed by atoms with van der Waals surface area (Å²) in [5.74, 6) is 3.64. The fraction of sp³-hybridized carbons (Fsp3) is 0.337. The third kappa shape index (κ3) is 27.5. The summed E-state index contributed by atoms with van der Waals surface area (Å²) < 4.78 is 5.03. The van der Waals surface area contributed by atoms with Crippen LogP contribution in [-0.2, 0) is 9.59 Å².